The normalized spacial score (nSPS) is 7.75. The molecule has 0 saturated heterocycles. The van der Waals surface area contributed by atoms with E-state index in [1.54, 1.807) is 0 Å². The van der Waals surface area contributed by atoms with Crippen LogP contribution in [-0.4, -0.2) is 22.8 Å². The molecule has 0 radical (unpaired) electrons. The summed E-state index contributed by atoms with van der Waals surface area (Å²) in [5.74, 6) is 0. The molecular weight excluding hydrogens is 494 g/mol. The van der Waals surface area contributed by atoms with Crippen molar-refractivity contribution in [2.24, 2.45) is 0 Å². The summed E-state index contributed by atoms with van der Waals surface area (Å²) in [5.41, 5.74) is 4.06. The first-order valence-corrected chi connectivity index (χ1v) is 19.7. The van der Waals surface area contributed by atoms with E-state index in [2.05, 4.69) is 39.0 Å². The Hall–Kier alpha value is 3.32. The fourth-order valence-corrected chi connectivity index (χ4v) is 1.20. The van der Waals surface area contributed by atoms with Gasteiger partial charge in [-0.15, -0.1) is 0 Å². The number of hydrogen-bond donors (Lipinski definition) is 0. The molecule has 0 unspecified atom stereocenters. The van der Waals surface area contributed by atoms with Crippen molar-refractivity contribution in [2.45, 2.75) is 20.8 Å². The zero-order valence-electron chi connectivity index (χ0n) is 10.9. The number of rotatable bonds is 0. The van der Waals surface area contributed by atoms with Gasteiger partial charge in [-0.3, -0.25) is 0 Å². The average Bonchev–Trinajstić information content (AvgIpc) is 2.13. The molecule has 1 aromatic carbocycles. The third-order valence-electron chi connectivity index (χ3n) is 1.37. The standard InChI is InChI=1S/C9H12.2Al.8ClH.Ti/c1-7-4-8(2)6-9(3)5-7;;;;;;;;;;;/h4-6H,1-3H3;;;8*1H;/q;2*+3;;;;;;;;;+2/p-8. The molecule has 0 amide bonds. The molecule has 0 aliphatic carbocycles. The molecule has 0 spiro atoms. The molecule has 0 atom stereocenters. The van der Waals surface area contributed by atoms with Gasteiger partial charge in [-0.2, -0.15) is 0 Å². The first kappa shape index (κ1) is 28.1. The molecular formula is C9H12Al2Cl8Ti. The van der Waals surface area contributed by atoms with Gasteiger partial charge in [0.1, 0.15) is 0 Å². The molecule has 0 heterocycles. The summed E-state index contributed by atoms with van der Waals surface area (Å²) in [6.07, 6.45) is 0. The molecule has 0 N–H and O–H groups in total. The fraction of sp³-hybridized carbons (Fsp3) is 0.333. The molecule has 11 heteroatoms. The van der Waals surface area contributed by atoms with Gasteiger partial charge in [0, 0.05) is 0 Å². The van der Waals surface area contributed by atoms with Crippen LogP contribution in [0.3, 0.4) is 0 Å². The summed E-state index contributed by atoms with van der Waals surface area (Å²) in [7, 11) is 39.4. The van der Waals surface area contributed by atoms with E-state index in [0.29, 0.717) is 0 Å². The van der Waals surface area contributed by atoms with Gasteiger partial charge in [-0.25, -0.2) is 60.3 Å². The second kappa shape index (κ2) is 20.4. The summed E-state index contributed by atoms with van der Waals surface area (Å²) in [5, 5.41) is 0. The first-order valence-electron chi connectivity index (χ1n) is 4.92. The van der Waals surface area contributed by atoms with Crippen molar-refractivity contribution < 1.29 is 17.0 Å². The van der Waals surface area contributed by atoms with E-state index >= 15 is 0 Å². The Bertz CT molecular complexity index is 265. The van der Waals surface area contributed by atoms with Gasteiger partial charge in [0.25, 0.3) is 0 Å². The van der Waals surface area contributed by atoms with Crippen molar-refractivity contribution in [3.8, 4) is 0 Å². The quantitative estimate of drug-likeness (QED) is 0.323. The van der Waals surface area contributed by atoms with Crippen LogP contribution in [0.15, 0.2) is 18.2 Å². The van der Waals surface area contributed by atoms with Gasteiger partial charge in [-0.1, -0.05) is 34.9 Å². The fourth-order valence-electron chi connectivity index (χ4n) is 1.20. The maximum absolute atomic E-state index is 4.94. The van der Waals surface area contributed by atoms with Crippen LogP contribution in [0.4, 0.5) is 0 Å². The molecule has 0 nitrogen and oxygen atoms in total. The predicted molar refractivity (Wildman–Crippen MR) is 99.0 cm³/mol. The van der Waals surface area contributed by atoms with Crippen LogP contribution in [0.1, 0.15) is 16.7 Å². The molecule has 0 aliphatic heterocycles. The zero-order chi connectivity index (χ0) is 16.7. The Labute approximate surface area is 172 Å². The van der Waals surface area contributed by atoms with Gasteiger partial charge >= 0.3 is 58.4 Å². The second-order valence-corrected chi connectivity index (χ2v) is 18.7. The number of halogens is 8. The summed E-state index contributed by atoms with van der Waals surface area (Å²) in [4.78, 5) is 0. The van der Waals surface area contributed by atoms with Crippen molar-refractivity contribution in [1.29, 1.82) is 0 Å². The van der Waals surface area contributed by atoms with Crippen molar-refractivity contribution in [3.63, 3.8) is 0 Å². The number of hydrogen-bond acceptors (Lipinski definition) is 0. The van der Waals surface area contributed by atoms with E-state index in [1.165, 1.54) is 16.7 Å². The molecule has 1 rings (SSSR count). The summed E-state index contributed by atoms with van der Waals surface area (Å²) < 4.78 is 0. The van der Waals surface area contributed by atoms with E-state index in [-0.39, 0.29) is 0 Å². The van der Waals surface area contributed by atoms with Crippen molar-refractivity contribution in [2.75, 3.05) is 0 Å². The summed E-state index contributed by atoms with van der Waals surface area (Å²) in [6, 6.07) is 6.56. The summed E-state index contributed by atoms with van der Waals surface area (Å²) in [6.45, 7) is 6.38. The van der Waals surface area contributed by atoms with E-state index < -0.39 is 39.8 Å². The van der Waals surface area contributed by atoms with Crippen LogP contribution in [-0.2, 0) is 17.0 Å². The van der Waals surface area contributed by atoms with Crippen LogP contribution >= 0.6 is 78.9 Å². The Kier molecular flexibility index (Phi) is 28.6. The zero-order valence-corrected chi connectivity index (χ0v) is 20.8. The Morgan fingerprint density at radius 3 is 0.850 bits per heavy atom. The molecule has 0 fully saturated rings. The van der Waals surface area contributed by atoms with Crippen molar-refractivity contribution >= 4 is 102 Å². The van der Waals surface area contributed by atoms with E-state index in [1.807, 2.05) is 0 Å². The molecule has 0 saturated carbocycles. The molecule has 20 heavy (non-hydrogen) atoms. The third kappa shape index (κ3) is 37.5. The molecule has 114 valence electrons. The Morgan fingerprint density at radius 2 is 0.750 bits per heavy atom. The van der Waals surface area contributed by atoms with E-state index in [0.717, 1.165) is 0 Å². The van der Waals surface area contributed by atoms with E-state index in [4.69, 9.17) is 78.9 Å². The van der Waals surface area contributed by atoms with Crippen LogP contribution in [0.2, 0.25) is 0 Å². The molecule has 1 aromatic rings. The molecule has 0 bridgehead atoms. The SMILES string of the molecule is Cc1cc(C)cc(C)c1.[Cl][Al]([Cl])[Cl].[Cl][Al]([Cl])[Cl].[Cl][Ti][Cl]. The van der Waals surface area contributed by atoms with Crippen LogP contribution in [0.5, 0.6) is 0 Å². The molecule has 0 aliphatic rings. The Balaban J connectivity index is -0.000000223. The number of aryl methyl sites for hydroxylation is 3. The van der Waals surface area contributed by atoms with Gasteiger partial charge < -0.3 is 0 Å². The van der Waals surface area contributed by atoms with Gasteiger partial charge in [0.05, 0.1) is 0 Å². The molecule has 0 aromatic heterocycles. The van der Waals surface area contributed by atoms with Gasteiger partial charge in [-0.05, 0) is 20.8 Å². The second-order valence-electron chi connectivity index (χ2n) is 3.23. The predicted octanol–water partition coefficient (Wildman–Crippen LogP) is 7.36. The minimum absolute atomic E-state index is 0.556. The van der Waals surface area contributed by atoms with Crippen LogP contribution in [0.25, 0.3) is 0 Å². The maximum atomic E-state index is 4.94. The van der Waals surface area contributed by atoms with Crippen LogP contribution < -0.4 is 0 Å². The number of benzene rings is 1. The topological polar surface area (TPSA) is 0 Å². The Morgan fingerprint density at radius 1 is 0.650 bits per heavy atom. The summed E-state index contributed by atoms with van der Waals surface area (Å²) >= 11 is -4.00. The van der Waals surface area contributed by atoms with Gasteiger partial charge in [0.15, 0.2) is 0 Å². The van der Waals surface area contributed by atoms with Crippen molar-refractivity contribution in [1.82, 2.24) is 0 Å². The first-order chi connectivity index (χ1) is 9.06. The van der Waals surface area contributed by atoms with E-state index in [9.17, 15) is 0 Å². The average molecular weight is 506 g/mol. The monoisotopic (exact) mass is 502 g/mol. The van der Waals surface area contributed by atoms with Gasteiger partial charge in [0.2, 0.25) is 0 Å². The van der Waals surface area contributed by atoms with Crippen molar-refractivity contribution in [3.05, 3.63) is 34.9 Å². The minimum atomic E-state index is -1.72. The van der Waals surface area contributed by atoms with Crippen LogP contribution in [0, 0.1) is 20.8 Å². The third-order valence-corrected chi connectivity index (χ3v) is 1.37.